The van der Waals surface area contributed by atoms with Crippen molar-refractivity contribution in [1.29, 1.82) is 0 Å². The molecule has 2 heteroatoms. The van der Waals surface area contributed by atoms with Crippen LogP contribution < -0.4 is 5.32 Å². The third-order valence-corrected chi connectivity index (χ3v) is 4.81. The summed E-state index contributed by atoms with van der Waals surface area (Å²) in [7, 11) is 0. The monoisotopic (exact) mass is 308 g/mol. The third-order valence-electron chi connectivity index (χ3n) is 4.81. The molecule has 122 valence electrons. The SMILES string of the molecule is Cc1cc(C)cc(C(c2cc(C)ccc2C)N2CCNCC2)c1. The first kappa shape index (κ1) is 16.2. The van der Waals surface area contributed by atoms with Crippen LogP contribution in [0.5, 0.6) is 0 Å². The van der Waals surface area contributed by atoms with Crippen LogP contribution in [0, 0.1) is 27.7 Å². The van der Waals surface area contributed by atoms with E-state index in [1.54, 1.807) is 0 Å². The van der Waals surface area contributed by atoms with Gasteiger partial charge in [0, 0.05) is 26.2 Å². The molecule has 0 bridgehead atoms. The van der Waals surface area contributed by atoms with Crippen molar-refractivity contribution in [3.05, 3.63) is 69.8 Å². The lowest BCUT2D eigenvalue weighted by molar-refractivity contribution is 0.198. The largest absolute Gasteiger partial charge is 0.314 e. The topological polar surface area (TPSA) is 15.3 Å². The van der Waals surface area contributed by atoms with E-state index in [9.17, 15) is 0 Å². The highest BCUT2D eigenvalue weighted by molar-refractivity contribution is 5.41. The van der Waals surface area contributed by atoms with E-state index in [4.69, 9.17) is 0 Å². The lowest BCUT2D eigenvalue weighted by atomic mass is 9.90. The van der Waals surface area contributed by atoms with E-state index in [1.165, 1.54) is 33.4 Å². The first-order valence-electron chi connectivity index (χ1n) is 8.65. The Hall–Kier alpha value is -1.64. The molecule has 1 aliphatic heterocycles. The van der Waals surface area contributed by atoms with Crippen LogP contribution in [0.4, 0.5) is 0 Å². The van der Waals surface area contributed by atoms with Crippen LogP contribution in [0.15, 0.2) is 36.4 Å². The van der Waals surface area contributed by atoms with Gasteiger partial charge < -0.3 is 5.32 Å². The van der Waals surface area contributed by atoms with Gasteiger partial charge in [-0.05, 0) is 44.4 Å². The molecule has 23 heavy (non-hydrogen) atoms. The summed E-state index contributed by atoms with van der Waals surface area (Å²) in [6, 6.07) is 14.2. The predicted molar refractivity (Wildman–Crippen MR) is 98.1 cm³/mol. The Morgan fingerprint density at radius 2 is 1.48 bits per heavy atom. The molecule has 0 aromatic heterocycles. The first-order chi connectivity index (χ1) is 11.0. The zero-order valence-electron chi connectivity index (χ0n) is 14.8. The molecule has 1 atom stereocenters. The fourth-order valence-corrected chi connectivity index (χ4v) is 3.75. The Bertz CT molecular complexity index is 664. The Morgan fingerprint density at radius 1 is 0.826 bits per heavy atom. The van der Waals surface area contributed by atoms with Crippen molar-refractivity contribution in [3.8, 4) is 0 Å². The summed E-state index contributed by atoms with van der Waals surface area (Å²) < 4.78 is 0. The predicted octanol–water partition coefficient (Wildman–Crippen LogP) is 3.91. The van der Waals surface area contributed by atoms with Crippen molar-refractivity contribution in [1.82, 2.24) is 10.2 Å². The summed E-state index contributed by atoms with van der Waals surface area (Å²) in [5, 5.41) is 3.48. The number of rotatable bonds is 3. The summed E-state index contributed by atoms with van der Waals surface area (Å²) in [6.07, 6.45) is 0. The fraction of sp³-hybridized carbons (Fsp3) is 0.429. The van der Waals surface area contributed by atoms with E-state index in [-0.39, 0.29) is 0 Å². The lowest BCUT2D eigenvalue weighted by Gasteiger charge is -2.36. The minimum Gasteiger partial charge on any atom is -0.314 e. The van der Waals surface area contributed by atoms with Gasteiger partial charge in [-0.3, -0.25) is 4.90 Å². The maximum absolute atomic E-state index is 3.48. The third kappa shape index (κ3) is 3.65. The van der Waals surface area contributed by atoms with E-state index in [0.717, 1.165) is 26.2 Å². The minimum absolute atomic E-state index is 0.357. The van der Waals surface area contributed by atoms with Gasteiger partial charge in [-0.1, -0.05) is 53.1 Å². The van der Waals surface area contributed by atoms with Crippen molar-refractivity contribution in [2.45, 2.75) is 33.7 Å². The van der Waals surface area contributed by atoms with Gasteiger partial charge >= 0.3 is 0 Å². The van der Waals surface area contributed by atoms with Crippen LogP contribution in [-0.2, 0) is 0 Å². The maximum Gasteiger partial charge on any atom is 0.0605 e. The van der Waals surface area contributed by atoms with Gasteiger partial charge in [-0.25, -0.2) is 0 Å². The molecule has 2 nitrogen and oxygen atoms in total. The van der Waals surface area contributed by atoms with E-state index in [1.807, 2.05) is 0 Å². The Morgan fingerprint density at radius 3 is 2.13 bits per heavy atom. The summed E-state index contributed by atoms with van der Waals surface area (Å²) >= 11 is 0. The highest BCUT2D eigenvalue weighted by Crippen LogP contribution is 2.32. The molecule has 0 radical (unpaired) electrons. The van der Waals surface area contributed by atoms with Crippen molar-refractivity contribution < 1.29 is 0 Å². The lowest BCUT2D eigenvalue weighted by Crippen LogP contribution is -2.45. The number of nitrogens with one attached hydrogen (secondary N) is 1. The summed E-state index contributed by atoms with van der Waals surface area (Å²) in [5.41, 5.74) is 8.32. The highest BCUT2D eigenvalue weighted by atomic mass is 15.2. The van der Waals surface area contributed by atoms with Gasteiger partial charge in [0.05, 0.1) is 6.04 Å². The second-order valence-corrected chi connectivity index (χ2v) is 6.97. The maximum atomic E-state index is 3.48. The standard InChI is InChI=1S/C21H28N2/c1-15-5-6-18(4)20(14-15)21(23-9-7-22-8-10-23)19-12-16(2)11-17(3)13-19/h5-6,11-14,21-22H,7-10H2,1-4H3. The molecule has 0 saturated carbocycles. The average molecular weight is 308 g/mol. The van der Waals surface area contributed by atoms with Crippen molar-refractivity contribution >= 4 is 0 Å². The molecular formula is C21H28N2. The molecule has 3 rings (SSSR count). The Labute approximate surface area is 140 Å². The van der Waals surface area contributed by atoms with E-state index < -0.39 is 0 Å². The molecule has 1 fully saturated rings. The molecule has 2 aromatic carbocycles. The van der Waals surface area contributed by atoms with Crippen LogP contribution in [0.3, 0.4) is 0 Å². The molecule has 1 heterocycles. The highest BCUT2D eigenvalue weighted by Gasteiger charge is 2.25. The molecule has 2 aromatic rings. The van der Waals surface area contributed by atoms with E-state index in [0.29, 0.717) is 6.04 Å². The van der Waals surface area contributed by atoms with Gasteiger partial charge in [-0.15, -0.1) is 0 Å². The number of hydrogen-bond acceptors (Lipinski definition) is 2. The van der Waals surface area contributed by atoms with E-state index >= 15 is 0 Å². The summed E-state index contributed by atoms with van der Waals surface area (Å²) in [5.74, 6) is 0. The van der Waals surface area contributed by atoms with Crippen molar-refractivity contribution in [3.63, 3.8) is 0 Å². The Kier molecular flexibility index (Phi) is 4.84. The summed E-state index contributed by atoms with van der Waals surface area (Å²) in [4.78, 5) is 2.63. The van der Waals surface area contributed by atoms with Gasteiger partial charge in [0.15, 0.2) is 0 Å². The van der Waals surface area contributed by atoms with Crippen LogP contribution in [0.2, 0.25) is 0 Å². The van der Waals surface area contributed by atoms with Crippen LogP contribution >= 0.6 is 0 Å². The van der Waals surface area contributed by atoms with Crippen molar-refractivity contribution in [2.24, 2.45) is 0 Å². The average Bonchev–Trinajstić information content (AvgIpc) is 2.51. The quantitative estimate of drug-likeness (QED) is 0.924. The number of benzene rings is 2. The molecule has 1 N–H and O–H groups in total. The Balaban J connectivity index is 2.11. The van der Waals surface area contributed by atoms with Gasteiger partial charge in [0.25, 0.3) is 0 Å². The van der Waals surface area contributed by atoms with Crippen LogP contribution in [0.1, 0.15) is 39.4 Å². The van der Waals surface area contributed by atoms with Crippen LogP contribution in [0.25, 0.3) is 0 Å². The van der Waals surface area contributed by atoms with Crippen molar-refractivity contribution in [2.75, 3.05) is 26.2 Å². The molecule has 1 unspecified atom stereocenters. The molecule has 0 amide bonds. The first-order valence-corrected chi connectivity index (χ1v) is 8.65. The normalized spacial score (nSPS) is 17.2. The molecule has 0 aliphatic carbocycles. The van der Waals surface area contributed by atoms with Gasteiger partial charge in [0.1, 0.15) is 0 Å². The summed E-state index contributed by atoms with van der Waals surface area (Å²) in [6.45, 7) is 13.2. The number of piperazine rings is 1. The second kappa shape index (κ2) is 6.86. The molecule has 1 aliphatic rings. The fourth-order valence-electron chi connectivity index (χ4n) is 3.75. The number of hydrogen-bond donors (Lipinski definition) is 1. The number of aryl methyl sites for hydroxylation is 4. The van der Waals surface area contributed by atoms with E-state index in [2.05, 4.69) is 74.3 Å². The number of nitrogens with zero attached hydrogens (tertiary/aromatic N) is 1. The van der Waals surface area contributed by atoms with Gasteiger partial charge in [-0.2, -0.15) is 0 Å². The van der Waals surface area contributed by atoms with Crippen LogP contribution in [-0.4, -0.2) is 31.1 Å². The second-order valence-electron chi connectivity index (χ2n) is 6.97. The zero-order chi connectivity index (χ0) is 16.4. The molecule has 0 spiro atoms. The minimum atomic E-state index is 0.357. The molecular weight excluding hydrogens is 280 g/mol. The van der Waals surface area contributed by atoms with Gasteiger partial charge in [0.2, 0.25) is 0 Å². The smallest absolute Gasteiger partial charge is 0.0605 e. The molecule has 1 saturated heterocycles. The zero-order valence-corrected chi connectivity index (χ0v) is 14.8.